The monoisotopic (exact) mass is 364 g/mol. The third-order valence-corrected chi connectivity index (χ3v) is 2.97. The number of hydrogen-bond donors (Lipinski definition) is 3. The standard InChI is InChI=1S/C12H9ClF3N3O.CH3NO2/c1-17-9-6-18-19(11(20)10(9)13)8-4-2-3-7(5-8)12(14,15)16;2-1(3)4/h2-6,17H,1H3;2H2,(H,3,4). The molecule has 2 rings (SSSR count). The Kier molecular flexibility index (Phi) is 6.18. The summed E-state index contributed by atoms with van der Waals surface area (Å²) < 4.78 is 38.7. The molecule has 0 aliphatic rings. The molecule has 0 spiro atoms. The van der Waals surface area contributed by atoms with Crippen molar-refractivity contribution in [1.29, 1.82) is 0 Å². The van der Waals surface area contributed by atoms with Crippen LogP contribution in [-0.2, 0) is 6.18 Å². The Morgan fingerprint density at radius 2 is 2.00 bits per heavy atom. The summed E-state index contributed by atoms with van der Waals surface area (Å²) in [6, 6.07) is 4.30. The van der Waals surface area contributed by atoms with Crippen molar-refractivity contribution >= 4 is 23.4 Å². The second-order valence-electron chi connectivity index (χ2n) is 4.23. The van der Waals surface area contributed by atoms with Gasteiger partial charge >= 0.3 is 12.3 Å². The van der Waals surface area contributed by atoms with Gasteiger partial charge in [0.2, 0.25) is 0 Å². The van der Waals surface area contributed by atoms with Crippen molar-refractivity contribution in [3.63, 3.8) is 0 Å². The van der Waals surface area contributed by atoms with Crippen LogP contribution >= 0.6 is 11.6 Å². The van der Waals surface area contributed by atoms with Crippen LogP contribution in [0.1, 0.15) is 5.56 Å². The van der Waals surface area contributed by atoms with E-state index in [2.05, 4.69) is 16.1 Å². The Morgan fingerprint density at radius 1 is 1.42 bits per heavy atom. The molecule has 7 nitrogen and oxygen atoms in total. The largest absolute Gasteiger partial charge is 0.465 e. The molecule has 0 atom stereocenters. The van der Waals surface area contributed by atoms with Crippen molar-refractivity contribution < 1.29 is 23.1 Å². The predicted octanol–water partition coefficient (Wildman–Crippen LogP) is 2.57. The first kappa shape index (κ1) is 19.3. The zero-order valence-electron chi connectivity index (χ0n) is 12.1. The van der Waals surface area contributed by atoms with E-state index < -0.39 is 23.4 Å². The van der Waals surface area contributed by atoms with E-state index in [1.807, 2.05) is 0 Å². The fourth-order valence-electron chi connectivity index (χ4n) is 1.60. The highest BCUT2D eigenvalue weighted by atomic mass is 35.5. The first-order valence-corrected chi connectivity index (χ1v) is 6.57. The van der Waals surface area contributed by atoms with E-state index in [-0.39, 0.29) is 10.7 Å². The molecule has 11 heteroatoms. The Bertz CT molecular complexity index is 789. The highest BCUT2D eigenvalue weighted by Gasteiger charge is 2.30. The molecule has 0 bridgehead atoms. The van der Waals surface area contributed by atoms with Crippen LogP contribution in [0.15, 0.2) is 35.3 Å². The minimum atomic E-state index is -4.49. The van der Waals surface area contributed by atoms with Gasteiger partial charge in [-0.1, -0.05) is 17.7 Å². The second-order valence-corrected chi connectivity index (χ2v) is 4.60. The van der Waals surface area contributed by atoms with Crippen LogP contribution in [0.3, 0.4) is 0 Å². The van der Waals surface area contributed by atoms with Crippen LogP contribution in [0, 0.1) is 0 Å². The van der Waals surface area contributed by atoms with Crippen molar-refractivity contribution in [3.8, 4) is 5.69 Å². The number of benzene rings is 1. The van der Waals surface area contributed by atoms with Gasteiger partial charge in [0.25, 0.3) is 5.56 Å². The molecule has 4 N–H and O–H groups in total. The number of nitrogens with zero attached hydrogens (tertiary/aromatic N) is 2. The van der Waals surface area contributed by atoms with E-state index in [4.69, 9.17) is 21.5 Å². The average molecular weight is 365 g/mol. The summed E-state index contributed by atoms with van der Waals surface area (Å²) in [5, 5.41) is 13.5. The zero-order chi connectivity index (χ0) is 18.5. The topological polar surface area (TPSA) is 110 Å². The maximum atomic E-state index is 12.6. The molecule has 1 aromatic heterocycles. The molecule has 0 unspecified atom stereocenters. The number of aromatic nitrogens is 2. The molecule has 1 aromatic carbocycles. The van der Waals surface area contributed by atoms with Gasteiger partial charge in [-0.3, -0.25) is 4.79 Å². The van der Waals surface area contributed by atoms with Gasteiger partial charge in [-0.05, 0) is 18.2 Å². The molecule has 2 aromatic rings. The summed E-state index contributed by atoms with van der Waals surface area (Å²) in [5.41, 5.74) is 2.77. The third-order valence-electron chi connectivity index (χ3n) is 2.61. The fourth-order valence-corrected chi connectivity index (χ4v) is 1.83. The van der Waals surface area contributed by atoms with Crippen LogP contribution < -0.4 is 16.6 Å². The Labute approximate surface area is 138 Å². The van der Waals surface area contributed by atoms with Gasteiger partial charge in [-0.2, -0.15) is 23.0 Å². The summed E-state index contributed by atoms with van der Waals surface area (Å²) in [7, 11) is 1.55. The lowest BCUT2D eigenvalue weighted by Gasteiger charge is -2.10. The number of primary amides is 1. The normalized spacial score (nSPS) is 10.5. The van der Waals surface area contributed by atoms with Crippen LogP contribution in [0.2, 0.25) is 5.02 Å². The van der Waals surface area contributed by atoms with Crippen molar-refractivity contribution in [1.82, 2.24) is 9.78 Å². The third kappa shape index (κ3) is 4.88. The summed E-state index contributed by atoms with van der Waals surface area (Å²) in [5.74, 6) is 0. The Balaban J connectivity index is 0.000000648. The molecule has 0 fully saturated rings. The first-order valence-electron chi connectivity index (χ1n) is 6.19. The fraction of sp³-hybridized carbons (Fsp3) is 0.154. The molecule has 130 valence electrons. The second kappa shape index (κ2) is 7.68. The van der Waals surface area contributed by atoms with Crippen molar-refractivity contribution in [2.75, 3.05) is 12.4 Å². The molecule has 0 aliphatic carbocycles. The van der Waals surface area contributed by atoms with E-state index in [0.717, 1.165) is 16.8 Å². The number of amides is 1. The van der Waals surface area contributed by atoms with Crippen molar-refractivity contribution in [3.05, 3.63) is 51.4 Å². The van der Waals surface area contributed by atoms with E-state index >= 15 is 0 Å². The molecule has 1 amide bonds. The smallest absolute Gasteiger partial charge is 0.416 e. The average Bonchev–Trinajstić information content (AvgIpc) is 2.49. The number of alkyl halides is 3. The van der Waals surface area contributed by atoms with Gasteiger partial charge in [0.05, 0.1) is 23.1 Å². The number of carbonyl (C=O) groups is 1. The number of anilines is 1. The number of carboxylic acid groups (broad SMARTS) is 1. The van der Waals surface area contributed by atoms with Gasteiger partial charge in [0.15, 0.2) is 0 Å². The maximum absolute atomic E-state index is 12.6. The van der Waals surface area contributed by atoms with Gasteiger partial charge in [0.1, 0.15) is 5.02 Å². The summed E-state index contributed by atoms with van der Waals surface area (Å²) in [4.78, 5) is 20.7. The zero-order valence-corrected chi connectivity index (χ0v) is 12.9. The minimum absolute atomic E-state index is 0.00521. The maximum Gasteiger partial charge on any atom is 0.416 e. The van der Waals surface area contributed by atoms with Crippen LogP contribution in [0.4, 0.5) is 23.7 Å². The summed E-state index contributed by atoms with van der Waals surface area (Å²) in [6.45, 7) is 0. The number of halogens is 4. The molecule has 24 heavy (non-hydrogen) atoms. The van der Waals surface area contributed by atoms with E-state index in [9.17, 15) is 18.0 Å². The Hall–Kier alpha value is -2.75. The number of nitrogens with two attached hydrogens (primary N) is 1. The molecule has 0 aliphatic heterocycles. The molecule has 0 radical (unpaired) electrons. The summed E-state index contributed by atoms with van der Waals surface area (Å²) in [6.07, 6.45) is -4.56. The van der Waals surface area contributed by atoms with E-state index in [1.165, 1.54) is 18.3 Å². The highest BCUT2D eigenvalue weighted by Crippen LogP contribution is 2.30. The minimum Gasteiger partial charge on any atom is -0.465 e. The quantitative estimate of drug-likeness (QED) is 0.758. The lowest BCUT2D eigenvalue weighted by atomic mass is 10.2. The van der Waals surface area contributed by atoms with Crippen LogP contribution in [0.5, 0.6) is 0 Å². The number of hydrogen-bond acceptors (Lipinski definition) is 4. The van der Waals surface area contributed by atoms with E-state index in [0.29, 0.717) is 5.69 Å². The molecular formula is C13H12ClF3N4O3. The van der Waals surface area contributed by atoms with Gasteiger partial charge in [-0.25, -0.2) is 4.79 Å². The van der Waals surface area contributed by atoms with Crippen molar-refractivity contribution in [2.24, 2.45) is 5.73 Å². The van der Waals surface area contributed by atoms with Gasteiger partial charge in [0, 0.05) is 7.05 Å². The van der Waals surface area contributed by atoms with Gasteiger partial charge < -0.3 is 16.2 Å². The molecule has 0 saturated heterocycles. The predicted molar refractivity (Wildman–Crippen MR) is 81.6 cm³/mol. The number of nitrogens with one attached hydrogen (secondary N) is 1. The molecular weight excluding hydrogens is 353 g/mol. The number of rotatable bonds is 2. The van der Waals surface area contributed by atoms with Gasteiger partial charge in [-0.15, -0.1) is 0 Å². The first-order chi connectivity index (χ1) is 11.1. The van der Waals surface area contributed by atoms with E-state index in [1.54, 1.807) is 7.05 Å². The lowest BCUT2D eigenvalue weighted by Crippen LogP contribution is -2.22. The highest BCUT2D eigenvalue weighted by molar-refractivity contribution is 6.32. The SMILES string of the molecule is CNc1cnn(-c2cccc(C(F)(F)F)c2)c(=O)c1Cl.NC(=O)O. The molecule has 1 heterocycles. The lowest BCUT2D eigenvalue weighted by molar-refractivity contribution is -0.137. The van der Waals surface area contributed by atoms with Crippen LogP contribution in [-0.4, -0.2) is 28.0 Å². The van der Waals surface area contributed by atoms with Crippen molar-refractivity contribution in [2.45, 2.75) is 6.18 Å². The Morgan fingerprint density at radius 3 is 2.50 bits per heavy atom. The molecule has 0 saturated carbocycles. The summed E-state index contributed by atoms with van der Waals surface area (Å²) >= 11 is 5.82. The van der Waals surface area contributed by atoms with Crippen LogP contribution in [0.25, 0.3) is 5.69 Å².